The topological polar surface area (TPSA) is 72.2 Å². The molecule has 0 aromatic heterocycles. The summed E-state index contributed by atoms with van der Waals surface area (Å²) in [5, 5.41) is 12.3. The van der Waals surface area contributed by atoms with E-state index < -0.39 is 22.9 Å². The number of carbonyl (C=O) groups is 1. The van der Waals surface area contributed by atoms with Crippen molar-refractivity contribution in [1.29, 1.82) is 0 Å². The van der Waals surface area contributed by atoms with Crippen molar-refractivity contribution in [3.8, 4) is 0 Å². The molecule has 5 nitrogen and oxygen atoms in total. The van der Waals surface area contributed by atoms with E-state index in [4.69, 9.17) is 11.6 Å². The minimum absolute atomic E-state index is 0.0927. The average molecular weight is 251 g/mol. The van der Waals surface area contributed by atoms with Gasteiger partial charge in [-0.2, -0.15) is 8.78 Å². The number of nitrogens with zero attached hydrogens (tertiary/aromatic N) is 1. The first-order valence-corrected chi connectivity index (χ1v) is 4.32. The number of rotatable bonds is 3. The van der Waals surface area contributed by atoms with Crippen LogP contribution in [0.5, 0.6) is 0 Å². The molecule has 0 aliphatic rings. The molecule has 0 aliphatic carbocycles. The molecule has 16 heavy (non-hydrogen) atoms. The number of hydrogen-bond donors (Lipinski definition) is 1. The molecule has 86 valence electrons. The molecule has 1 N–H and O–H groups in total. The number of amides is 1. The molecule has 0 fully saturated rings. The van der Waals surface area contributed by atoms with E-state index in [9.17, 15) is 23.7 Å². The SMILES string of the molecule is O=C(Nc1cc(Cl)ccc1[N+](=O)[O-])C(F)F. The molecule has 0 atom stereocenters. The number of nitrogens with one attached hydrogen (secondary N) is 1. The van der Waals surface area contributed by atoms with Gasteiger partial charge in [-0.3, -0.25) is 14.9 Å². The van der Waals surface area contributed by atoms with Crippen molar-refractivity contribution in [3.63, 3.8) is 0 Å². The molecule has 1 rings (SSSR count). The van der Waals surface area contributed by atoms with Gasteiger partial charge >= 0.3 is 6.43 Å². The lowest BCUT2D eigenvalue weighted by Crippen LogP contribution is -2.20. The van der Waals surface area contributed by atoms with Gasteiger partial charge < -0.3 is 5.32 Å². The largest absolute Gasteiger partial charge is 0.315 e. The van der Waals surface area contributed by atoms with E-state index in [0.717, 1.165) is 12.1 Å². The number of alkyl halides is 2. The normalized spacial score (nSPS) is 10.2. The van der Waals surface area contributed by atoms with Gasteiger partial charge in [-0.05, 0) is 12.1 Å². The zero-order chi connectivity index (χ0) is 12.3. The van der Waals surface area contributed by atoms with Gasteiger partial charge in [-0.1, -0.05) is 11.6 Å². The minimum Gasteiger partial charge on any atom is -0.315 e. The summed E-state index contributed by atoms with van der Waals surface area (Å²) < 4.78 is 23.9. The molecule has 0 unspecified atom stereocenters. The van der Waals surface area contributed by atoms with Crippen LogP contribution in [0, 0.1) is 10.1 Å². The van der Waals surface area contributed by atoms with Crippen molar-refractivity contribution in [1.82, 2.24) is 0 Å². The Morgan fingerprint density at radius 3 is 2.62 bits per heavy atom. The smallest absolute Gasteiger partial charge is 0.315 e. The van der Waals surface area contributed by atoms with Gasteiger partial charge in [0.25, 0.3) is 11.6 Å². The highest BCUT2D eigenvalue weighted by molar-refractivity contribution is 6.31. The monoisotopic (exact) mass is 250 g/mol. The second-order valence-corrected chi connectivity index (χ2v) is 3.14. The summed E-state index contributed by atoms with van der Waals surface area (Å²) in [7, 11) is 0. The Morgan fingerprint density at radius 2 is 2.12 bits per heavy atom. The standard InChI is InChI=1S/C8H5ClF2N2O3/c9-4-1-2-6(13(15)16)5(3-4)12-8(14)7(10)11/h1-3,7H,(H,12,14). The Balaban J connectivity index is 3.06. The molecule has 0 radical (unpaired) electrons. The minimum atomic E-state index is -3.25. The van der Waals surface area contributed by atoms with Gasteiger partial charge in [0, 0.05) is 11.1 Å². The fraction of sp³-hybridized carbons (Fsp3) is 0.125. The Morgan fingerprint density at radius 1 is 1.50 bits per heavy atom. The lowest BCUT2D eigenvalue weighted by molar-refractivity contribution is -0.383. The molecule has 0 heterocycles. The fourth-order valence-corrected chi connectivity index (χ4v) is 1.13. The maximum Gasteiger partial charge on any atom is 0.315 e. The maximum absolute atomic E-state index is 11.9. The van der Waals surface area contributed by atoms with E-state index in [2.05, 4.69) is 0 Å². The molecule has 0 saturated heterocycles. The van der Waals surface area contributed by atoms with Crippen LogP contribution < -0.4 is 5.32 Å². The Hall–Kier alpha value is -1.76. The van der Waals surface area contributed by atoms with Crippen LogP contribution in [0.4, 0.5) is 20.2 Å². The predicted octanol–water partition coefficient (Wildman–Crippen LogP) is 2.45. The zero-order valence-electron chi connectivity index (χ0n) is 7.62. The summed E-state index contributed by atoms with van der Waals surface area (Å²) in [5.74, 6) is -1.62. The third kappa shape index (κ3) is 2.86. The van der Waals surface area contributed by atoms with Crippen LogP contribution in [0.3, 0.4) is 0 Å². The van der Waals surface area contributed by atoms with Crippen molar-refractivity contribution in [2.24, 2.45) is 0 Å². The van der Waals surface area contributed by atoms with Gasteiger partial charge in [0.15, 0.2) is 0 Å². The van der Waals surface area contributed by atoms with Crippen molar-refractivity contribution in [3.05, 3.63) is 33.3 Å². The highest BCUT2D eigenvalue weighted by Gasteiger charge is 2.21. The van der Waals surface area contributed by atoms with Crippen LogP contribution in [0.2, 0.25) is 5.02 Å². The summed E-state index contributed by atoms with van der Waals surface area (Å²) in [6.45, 7) is 0. The Bertz CT molecular complexity index is 439. The number of nitro benzene ring substituents is 1. The lowest BCUT2D eigenvalue weighted by Gasteiger charge is -2.05. The Labute approximate surface area is 93.2 Å². The van der Waals surface area contributed by atoms with Crippen molar-refractivity contribution in [2.45, 2.75) is 6.43 Å². The number of carbonyl (C=O) groups excluding carboxylic acids is 1. The van der Waals surface area contributed by atoms with E-state index in [-0.39, 0.29) is 10.7 Å². The molecule has 8 heteroatoms. The highest BCUT2D eigenvalue weighted by Crippen LogP contribution is 2.27. The summed E-state index contributed by atoms with van der Waals surface area (Å²) in [6, 6.07) is 3.26. The van der Waals surface area contributed by atoms with Gasteiger partial charge in [0.2, 0.25) is 0 Å². The second-order valence-electron chi connectivity index (χ2n) is 2.71. The average Bonchev–Trinajstić information content (AvgIpc) is 2.16. The summed E-state index contributed by atoms with van der Waals surface area (Å²) >= 11 is 5.52. The summed E-state index contributed by atoms with van der Waals surface area (Å²) in [5.41, 5.74) is -0.860. The van der Waals surface area contributed by atoms with E-state index in [1.54, 1.807) is 5.32 Å². The van der Waals surface area contributed by atoms with E-state index >= 15 is 0 Å². The first-order chi connectivity index (χ1) is 7.41. The van der Waals surface area contributed by atoms with E-state index in [1.807, 2.05) is 0 Å². The number of anilines is 1. The predicted molar refractivity (Wildman–Crippen MR) is 52.7 cm³/mol. The summed E-state index contributed by atoms with van der Waals surface area (Å²) in [4.78, 5) is 20.4. The number of hydrogen-bond acceptors (Lipinski definition) is 3. The fourth-order valence-electron chi connectivity index (χ4n) is 0.955. The summed E-state index contributed by atoms with van der Waals surface area (Å²) in [6.07, 6.45) is -3.25. The molecule has 0 saturated carbocycles. The molecular formula is C8H5ClF2N2O3. The molecule has 1 aromatic rings. The van der Waals surface area contributed by atoms with E-state index in [1.165, 1.54) is 6.07 Å². The van der Waals surface area contributed by atoms with Gasteiger partial charge in [0.1, 0.15) is 5.69 Å². The maximum atomic E-state index is 11.9. The number of nitro groups is 1. The van der Waals surface area contributed by atoms with Crippen LogP contribution in [-0.4, -0.2) is 17.3 Å². The molecule has 1 aromatic carbocycles. The molecule has 0 aliphatic heterocycles. The highest BCUT2D eigenvalue weighted by atomic mass is 35.5. The van der Waals surface area contributed by atoms with Crippen LogP contribution in [0.25, 0.3) is 0 Å². The Kier molecular flexibility index (Phi) is 3.73. The lowest BCUT2D eigenvalue weighted by atomic mass is 10.2. The molecule has 0 bridgehead atoms. The molecule has 0 spiro atoms. The van der Waals surface area contributed by atoms with Gasteiger partial charge in [0.05, 0.1) is 4.92 Å². The van der Waals surface area contributed by atoms with Gasteiger partial charge in [-0.15, -0.1) is 0 Å². The van der Waals surface area contributed by atoms with Crippen LogP contribution in [-0.2, 0) is 4.79 Å². The quantitative estimate of drug-likeness (QED) is 0.661. The van der Waals surface area contributed by atoms with Crippen LogP contribution in [0.15, 0.2) is 18.2 Å². The number of halogens is 3. The van der Waals surface area contributed by atoms with Crippen molar-refractivity contribution in [2.75, 3.05) is 5.32 Å². The third-order valence-electron chi connectivity index (χ3n) is 1.61. The van der Waals surface area contributed by atoms with Crippen LogP contribution >= 0.6 is 11.6 Å². The first kappa shape index (κ1) is 12.3. The first-order valence-electron chi connectivity index (χ1n) is 3.95. The second kappa shape index (κ2) is 4.84. The third-order valence-corrected chi connectivity index (χ3v) is 1.85. The zero-order valence-corrected chi connectivity index (χ0v) is 8.37. The van der Waals surface area contributed by atoms with Crippen molar-refractivity contribution >= 4 is 28.9 Å². The molecule has 1 amide bonds. The van der Waals surface area contributed by atoms with Gasteiger partial charge in [-0.25, -0.2) is 0 Å². The van der Waals surface area contributed by atoms with E-state index in [0.29, 0.717) is 0 Å². The number of benzene rings is 1. The van der Waals surface area contributed by atoms with Crippen molar-refractivity contribution < 1.29 is 18.5 Å². The molecular weight excluding hydrogens is 246 g/mol. The van der Waals surface area contributed by atoms with Crippen LogP contribution in [0.1, 0.15) is 0 Å².